The van der Waals surface area contributed by atoms with Gasteiger partial charge in [0.15, 0.2) is 0 Å². The second-order valence-electron chi connectivity index (χ2n) is 3.41. The van der Waals surface area contributed by atoms with Crippen LogP contribution in [0.2, 0.25) is 0 Å². The average Bonchev–Trinajstić information content (AvgIpc) is 2.09. The van der Waals surface area contributed by atoms with Crippen LogP contribution in [0.15, 0.2) is 0 Å². The molecule has 0 aliphatic heterocycles. The van der Waals surface area contributed by atoms with Crippen LogP contribution >= 0.6 is 0 Å². The molecule has 0 radical (unpaired) electrons. The molecule has 0 atom stereocenters. The lowest BCUT2D eigenvalue weighted by molar-refractivity contribution is -0.565. The Hall–Kier alpha value is -0.860. The van der Waals surface area contributed by atoms with Crippen molar-refractivity contribution < 1.29 is 63.2 Å². The van der Waals surface area contributed by atoms with Gasteiger partial charge in [-0.25, -0.2) is 14.2 Å². The molecular formula is C7H6F10O4. The maximum Gasteiger partial charge on any atom is 0.495 e. The molecule has 0 rings (SSSR count). The predicted molar refractivity (Wildman–Crippen MR) is 40.7 cm³/mol. The number of alkyl halides is 10. The summed E-state index contributed by atoms with van der Waals surface area (Å²) in [7, 11) is 0. The van der Waals surface area contributed by atoms with Crippen molar-refractivity contribution in [2.45, 2.75) is 37.7 Å². The van der Waals surface area contributed by atoms with E-state index in [1.54, 1.807) is 0 Å². The van der Waals surface area contributed by atoms with Crippen molar-refractivity contribution in [3.63, 3.8) is 0 Å². The van der Waals surface area contributed by atoms with Crippen molar-refractivity contribution in [2.75, 3.05) is 6.61 Å². The Morgan fingerprint density at radius 1 is 0.714 bits per heavy atom. The minimum Gasteiger partial charge on any atom is -0.387 e. The van der Waals surface area contributed by atoms with E-state index in [0.717, 1.165) is 0 Å². The first kappa shape index (κ1) is 20.1. The van der Waals surface area contributed by atoms with Crippen LogP contribution in [0.5, 0.6) is 0 Å². The van der Waals surface area contributed by atoms with Crippen LogP contribution in [0.3, 0.4) is 0 Å². The van der Waals surface area contributed by atoms with Gasteiger partial charge in [-0.2, -0.15) is 35.1 Å². The summed E-state index contributed by atoms with van der Waals surface area (Å²) in [6.07, 6.45) is -28.9. The van der Waals surface area contributed by atoms with E-state index in [1.165, 1.54) is 0 Å². The maximum absolute atomic E-state index is 12.6. The lowest BCUT2D eigenvalue weighted by Crippen LogP contribution is -2.53. The Labute approximate surface area is 109 Å². The summed E-state index contributed by atoms with van der Waals surface area (Å²) in [4.78, 5) is 0. The average molecular weight is 344 g/mol. The highest BCUT2D eigenvalue weighted by Gasteiger charge is 2.68. The van der Waals surface area contributed by atoms with Gasteiger partial charge in [-0.15, -0.1) is 8.78 Å². The summed E-state index contributed by atoms with van der Waals surface area (Å²) >= 11 is 0. The topological polar surface area (TPSA) is 47.9 Å². The predicted octanol–water partition coefficient (Wildman–Crippen LogP) is 2.97. The number of rotatable bonds is 8. The molecule has 0 heterocycles. The lowest BCUT2D eigenvalue weighted by atomic mass is 10.5. The van der Waals surface area contributed by atoms with Gasteiger partial charge in [0, 0.05) is 6.92 Å². The summed E-state index contributed by atoms with van der Waals surface area (Å²) in [5, 5.41) is 7.85. The SMILES string of the molecule is CC(F)(F)OC(F)(F)C(F)(F)OC(F)(F)OC(F)(F)CO. The Kier molecular flexibility index (Phi) is 5.50. The summed E-state index contributed by atoms with van der Waals surface area (Å²) in [5.41, 5.74) is 0. The summed E-state index contributed by atoms with van der Waals surface area (Å²) in [6.45, 7) is -2.86. The monoisotopic (exact) mass is 344 g/mol. The quantitative estimate of drug-likeness (QED) is 0.543. The summed E-state index contributed by atoms with van der Waals surface area (Å²) in [6, 6.07) is 0. The van der Waals surface area contributed by atoms with Gasteiger partial charge in [0.25, 0.3) is 0 Å². The van der Waals surface area contributed by atoms with Crippen molar-refractivity contribution in [1.82, 2.24) is 0 Å². The third-order valence-electron chi connectivity index (χ3n) is 1.35. The van der Waals surface area contributed by atoms with E-state index in [9.17, 15) is 43.9 Å². The van der Waals surface area contributed by atoms with E-state index >= 15 is 0 Å². The van der Waals surface area contributed by atoms with Gasteiger partial charge in [-0.3, -0.25) is 0 Å². The molecule has 0 aromatic carbocycles. The first-order chi connectivity index (χ1) is 8.93. The Bertz CT molecular complexity index is 352. The highest BCUT2D eigenvalue weighted by Crippen LogP contribution is 2.44. The smallest absolute Gasteiger partial charge is 0.387 e. The number of aliphatic hydroxyl groups excluding tert-OH is 1. The Balaban J connectivity index is 5.09. The number of hydrogen-bond acceptors (Lipinski definition) is 4. The van der Waals surface area contributed by atoms with Crippen LogP contribution < -0.4 is 0 Å². The Morgan fingerprint density at radius 3 is 1.43 bits per heavy atom. The van der Waals surface area contributed by atoms with Crippen LogP contribution in [-0.4, -0.2) is 42.4 Å². The van der Waals surface area contributed by atoms with Crippen LogP contribution in [0, 0.1) is 0 Å². The minimum atomic E-state index is -6.47. The fourth-order valence-electron chi connectivity index (χ4n) is 0.720. The van der Waals surface area contributed by atoms with Gasteiger partial charge in [0.05, 0.1) is 0 Å². The van der Waals surface area contributed by atoms with Crippen LogP contribution in [0.1, 0.15) is 6.92 Å². The largest absolute Gasteiger partial charge is 0.495 e. The first-order valence-electron chi connectivity index (χ1n) is 4.53. The highest BCUT2D eigenvalue weighted by atomic mass is 19.3. The zero-order chi connectivity index (χ0) is 17.3. The minimum absolute atomic E-state index is 0.425. The molecule has 0 aromatic rings. The third-order valence-corrected chi connectivity index (χ3v) is 1.35. The molecule has 4 nitrogen and oxygen atoms in total. The molecule has 21 heavy (non-hydrogen) atoms. The summed E-state index contributed by atoms with van der Waals surface area (Å²) < 4.78 is 130. The van der Waals surface area contributed by atoms with E-state index in [4.69, 9.17) is 5.11 Å². The Morgan fingerprint density at radius 2 is 1.10 bits per heavy atom. The van der Waals surface area contributed by atoms with Gasteiger partial charge in [-0.1, -0.05) is 0 Å². The molecule has 0 spiro atoms. The van der Waals surface area contributed by atoms with Crippen molar-refractivity contribution in [2.24, 2.45) is 0 Å². The number of hydrogen-bond donors (Lipinski definition) is 1. The standard InChI is InChI=1S/C7H6F10O4/c1-3(8,9)19-5(12,13)6(14,15)21-7(16,17)20-4(10,11)2-18/h18H,2H2,1H3. The van der Waals surface area contributed by atoms with E-state index in [1.807, 2.05) is 4.74 Å². The second-order valence-corrected chi connectivity index (χ2v) is 3.41. The molecule has 0 saturated heterocycles. The van der Waals surface area contributed by atoms with Gasteiger partial charge in [0.2, 0.25) is 0 Å². The zero-order valence-electron chi connectivity index (χ0n) is 9.66. The molecule has 0 aromatic heterocycles. The molecule has 1 N–H and O–H groups in total. The third kappa shape index (κ3) is 6.62. The molecule has 0 aliphatic carbocycles. The van der Waals surface area contributed by atoms with Crippen LogP contribution in [-0.2, 0) is 14.2 Å². The number of halogens is 10. The molecule has 128 valence electrons. The highest BCUT2D eigenvalue weighted by molar-refractivity contribution is 4.69. The normalized spacial score (nSPS) is 15.4. The van der Waals surface area contributed by atoms with Gasteiger partial charge in [0.1, 0.15) is 6.61 Å². The molecular weight excluding hydrogens is 338 g/mol. The fraction of sp³-hybridized carbons (Fsp3) is 1.00. The molecule has 0 bridgehead atoms. The van der Waals surface area contributed by atoms with Crippen molar-refractivity contribution in [1.29, 1.82) is 0 Å². The zero-order valence-corrected chi connectivity index (χ0v) is 9.66. The van der Waals surface area contributed by atoms with E-state index in [0.29, 0.717) is 0 Å². The fourth-order valence-corrected chi connectivity index (χ4v) is 0.720. The van der Waals surface area contributed by atoms with Crippen LogP contribution in [0.25, 0.3) is 0 Å². The second kappa shape index (κ2) is 5.73. The van der Waals surface area contributed by atoms with Crippen molar-refractivity contribution in [3.8, 4) is 0 Å². The van der Waals surface area contributed by atoms with Gasteiger partial charge >= 0.3 is 30.7 Å². The lowest BCUT2D eigenvalue weighted by Gasteiger charge is -2.30. The first-order valence-corrected chi connectivity index (χ1v) is 4.53. The van der Waals surface area contributed by atoms with Crippen molar-refractivity contribution in [3.05, 3.63) is 0 Å². The van der Waals surface area contributed by atoms with E-state index in [2.05, 4.69) is 9.47 Å². The maximum atomic E-state index is 12.6. The van der Waals surface area contributed by atoms with Crippen LogP contribution in [0.4, 0.5) is 43.9 Å². The van der Waals surface area contributed by atoms with Gasteiger partial charge in [-0.05, 0) is 0 Å². The van der Waals surface area contributed by atoms with Gasteiger partial charge < -0.3 is 5.11 Å². The van der Waals surface area contributed by atoms with E-state index < -0.39 is 44.3 Å². The summed E-state index contributed by atoms with van der Waals surface area (Å²) in [5.74, 6) is 0. The number of aliphatic hydroxyl groups is 1. The number of ether oxygens (including phenoxy) is 3. The molecule has 0 aliphatic rings. The molecule has 0 fully saturated rings. The molecule has 0 saturated carbocycles. The van der Waals surface area contributed by atoms with Crippen molar-refractivity contribution >= 4 is 0 Å². The molecule has 0 unspecified atom stereocenters. The molecule has 0 amide bonds. The van der Waals surface area contributed by atoms with E-state index in [-0.39, 0.29) is 0 Å². The molecule has 14 heteroatoms.